The molecule has 0 amide bonds. The Labute approximate surface area is 161 Å². The number of carbonyl (C=O) groups is 1. The number of nitriles is 1. The van der Waals surface area contributed by atoms with Crippen molar-refractivity contribution >= 4 is 11.3 Å². The molecule has 0 saturated heterocycles. The Morgan fingerprint density at radius 2 is 1.89 bits per heavy atom. The summed E-state index contributed by atoms with van der Waals surface area (Å²) in [5.41, 5.74) is 4.59. The number of halogens is 1. The second-order valence-electron chi connectivity index (χ2n) is 6.59. The third-order valence-electron chi connectivity index (χ3n) is 4.67. The molecule has 28 heavy (non-hydrogen) atoms. The van der Waals surface area contributed by atoms with Crippen LogP contribution in [0, 0.1) is 17.1 Å². The van der Waals surface area contributed by atoms with Crippen molar-refractivity contribution in [1.29, 1.82) is 5.26 Å². The molecule has 0 atom stereocenters. The molecule has 136 valence electrons. The van der Waals surface area contributed by atoms with Gasteiger partial charge in [0, 0.05) is 24.1 Å². The molecule has 4 rings (SSSR count). The second kappa shape index (κ2) is 7.45. The SMILES string of the molecule is N#Cc1ccc(CC(=O)Cc2c(-c3cccc(F)c3)ccc3cncn23)cc1. The number of hydrogen-bond acceptors (Lipinski definition) is 3. The van der Waals surface area contributed by atoms with E-state index >= 15 is 0 Å². The molecule has 2 heterocycles. The molecule has 4 aromatic rings. The number of pyridine rings is 1. The third-order valence-corrected chi connectivity index (χ3v) is 4.67. The summed E-state index contributed by atoms with van der Waals surface area (Å²) in [5, 5.41) is 8.89. The molecule has 2 aromatic carbocycles. The molecule has 0 N–H and O–H groups in total. The molecule has 0 aliphatic rings. The summed E-state index contributed by atoms with van der Waals surface area (Å²) in [4.78, 5) is 17.0. The first-order chi connectivity index (χ1) is 13.6. The van der Waals surface area contributed by atoms with Gasteiger partial charge in [0.05, 0.1) is 29.7 Å². The average molecular weight is 369 g/mol. The van der Waals surface area contributed by atoms with Crippen LogP contribution in [-0.4, -0.2) is 15.2 Å². The maximum Gasteiger partial charge on any atom is 0.143 e. The van der Waals surface area contributed by atoms with Crippen LogP contribution in [0.3, 0.4) is 0 Å². The van der Waals surface area contributed by atoms with Crippen molar-refractivity contribution in [2.45, 2.75) is 12.8 Å². The average Bonchev–Trinajstić information content (AvgIpc) is 3.18. The van der Waals surface area contributed by atoms with Gasteiger partial charge >= 0.3 is 0 Å². The number of benzene rings is 2. The molecule has 0 aliphatic carbocycles. The van der Waals surface area contributed by atoms with Crippen LogP contribution < -0.4 is 0 Å². The fourth-order valence-electron chi connectivity index (χ4n) is 3.32. The zero-order chi connectivity index (χ0) is 19.5. The Morgan fingerprint density at radius 3 is 2.64 bits per heavy atom. The van der Waals surface area contributed by atoms with E-state index in [4.69, 9.17) is 5.26 Å². The number of rotatable bonds is 5. The van der Waals surface area contributed by atoms with Gasteiger partial charge in [0.15, 0.2) is 0 Å². The molecular weight excluding hydrogens is 353 g/mol. The zero-order valence-corrected chi connectivity index (χ0v) is 15.0. The number of ketones is 1. The van der Waals surface area contributed by atoms with E-state index in [1.807, 2.05) is 22.6 Å². The quantitative estimate of drug-likeness (QED) is 0.525. The van der Waals surface area contributed by atoms with Gasteiger partial charge < -0.3 is 4.40 Å². The first-order valence-corrected chi connectivity index (χ1v) is 8.84. The lowest BCUT2D eigenvalue weighted by atomic mass is 9.98. The Hall–Kier alpha value is -3.78. The van der Waals surface area contributed by atoms with Gasteiger partial charge in [0.25, 0.3) is 0 Å². The molecule has 2 aromatic heterocycles. The van der Waals surface area contributed by atoms with Crippen LogP contribution in [0.5, 0.6) is 0 Å². The van der Waals surface area contributed by atoms with Gasteiger partial charge in [-0.15, -0.1) is 0 Å². The summed E-state index contributed by atoms with van der Waals surface area (Å²) in [6.45, 7) is 0. The van der Waals surface area contributed by atoms with Gasteiger partial charge in [-0.05, 0) is 41.5 Å². The van der Waals surface area contributed by atoms with Crippen molar-refractivity contribution < 1.29 is 9.18 Å². The van der Waals surface area contributed by atoms with Crippen LogP contribution >= 0.6 is 0 Å². The number of Topliss-reactive ketones (excluding diaryl/α,β-unsaturated/α-hetero) is 1. The molecule has 4 nitrogen and oxygen atoms in total. The van der Waals surface area contributed by atoms with Crippen molar-refractivity contribution in [3.05, 3.63) is 95.8 Å². The maximum atomic E-state index is 13.7. The van der Waals surface area contributed by atoms with Gasteiger partial charge in [-0.1, -0.05) is 30.3 Å². The third kappa shape index (κ3) is 3.53. The van der Waals surface area contributed by atoms with E-state index in [0.717, 1.165) is 27.9 Å². The Morgan fingerprint density at radius 1 is 1.07 bits per heavy atom. The van der Waals surface area contributed by atoms with E-state index in [1.165, 1.54) is 12.1 Å². The van der Waals surface area contributed by atoms with E-state index in [9.17, 15) is 9.18 Å². The molecule has 0 bridgehead atoms. The minimum Gasteiger partial charge on any atom is -0.302 e. The van der Waals surface area contributed by atoms with Crippen molar-refractivity contribution in [2.75, 3.05) is 0 Å². The molecule has 0 fully saturated rings. The number of aromatic nitrogens is 2. The molecule has 0 saturated carbocycles. The lowest BCUT2D eigenvalue weighted by molar-refractivity contribution is -0.117. The molecule has 0 aliphatic heterocycles. The lowest BCUT2D eigenvalue weighted by Crippen LogP contribution is -2.11. The van der Waals surface area contributed by atoms with Crippen LogP contribution in [0.15, 0.2) is 73.2 Å². The molecular formula is C23H16FN3O. The van der Waals surface area contributed by atoms with Gasteiger partial charge in [0.2, 0.25) is 0 Å². The number of imidazole rings is 1. The summed E-state index contributed by atoms with van der Waals surface area (Å²) in [6, 6.07) is 19.2. The predicted octanol–water partition coefficient (Wildman–Crippen LogP) is 4.37. The zero-order valence-electron chi connectivity index (χ0n) is 15.0. The van der Waals surface area contributed by atoms with Gasteiger partial charge in [0.1, 0.15) is 11.6 Å². The number of carbonyl (C=O) groups excluding carboxylic acids is 1. The van der Waals surface area contributed by atoms with Crippen LogP contribution in [0.4, 0.5) is 4.39 Å². The fourth-order valence-corrected chi connectivity index (χ4v) is 3.32. The highest BCUT2D eigenvalue weighted by Gasteiger charge is 2.15. The van der Waals surface area contributed by atoms with Crippen LogP contribution in [0.2, 0.25) is 0 Å². The predicted molar refractivity (Wildman–Crippen MR) is 104 cm³/mol. The van der Waals surface area contributed by atoms with Crippen molar-refractivity contribution in [1.82, 2.24) is 9.38 Å². The van der Waals surface area contributed by atoms with Crippen molar-refractivity contribution in [3.63, 3.8) is 0 Å². The van der Waals surface area contributed by atoms with E-state index in [0.29, 0.717) is 5.56 Å². The first kappa shape index (κ1) is 17.6. The molecule has 0 radical (unpaired) electrons. The number of fused-ring (bicyclic) bond motifs is 1. The standard InChI is InChI=1S/C23H16FN3O/c24-19-3-1-2-18(11-19)22-9-8-20-14-26-15-27(20)23(22)12-21(28)10-16-4-6-17(13-25)7-5-16/h1-9,11,14-15H,10,12H2. The van der Waals surface area contributed by atoms with Crippen molar-refractivity contribution in [2.24, 2.45) is 0 Å². The van der Waals surface area contributed by atoms with Crippen LogP contribution in [0.25, 0.3) is 16.6 Å². The van der Waals surface area contributed by atoms with Gasteiger partial charge in [-0.25, -0.2) is 9.37 Å². The molecule has 0 unspecified atom stereocenters. The number of nitrogens with zero attached hydrogens (tertiary/aromatic N) is 3. The Kier molecular flexibility index (Phi) is 4.69. The largest absolute Gasteiger partial charge is 0.302 e. The smallest absolute Gasteiger partial charge is 0.143 e. The van der Waals surface area contributed by atoms with E-state index in [2.05, 4.69) is 11.1 Å². The van der Waals surface area contributed by atoms with Crippen molar-refractivity contribution in [3.8, 4) is 17.2 Å². The van der Waals surface area contributed by atoms with Gasteiger partial charge in [-0.2, -0.15) is 5.26 Å². The second-order valence-corrected chi connectivity index (χ2v) is 6.59. The minimum absolute atomic E-state index is 0.0311. The highest BCUT2D eigenvalue weighted by Crippen LogP contribution is 2.26. The van der Waals surface area contributed by atoms with E-state index in [1.54, 1.807) is 42.9 Å². The maximum absolute atomic E-state index is 13.7. The fraction of sp³-hybridized carbons (Fsp3) is 0.0870. The molecule has 5 heteroatoms. The van der Waals surface area contributed by atoms with E-state index in [-0.39, 0.29) is 24.4 Å². The van der Waals surface area contributed by atoms with Crippen LogP contribution in [0.1, 0.15) is 16.8 Å². The normalized spacial score (nSPS) is 10.7. The monoisotopic (exact) mass is 369 g/mol. The minimum atomic E-state index is -0.321. The summed E-state index contributed by atoms with van der Waals surface area (Å²) in [5.74, 6) is -0.290. The summed E-state index contributed by atoms with van der Waals surface area (Å²) < 4.78 is 15.6. The summed E-state index contributed by atoms with van der Waals surface area (Å²) >= 11 is 0. The molecule has 0 spiro atoms. The highest BCUT2D eigenvalue weighted by molar-refractivity contribution is 5.85. The first-order valence-electron chi connectivity index (χ1n) is 8.84. The van der Waals surface area contributed by atoms with E-state index < -0.39 is 0 Å². The summed E-state index contributed by atoms with van der Waals surface area (Å²) in [7, 11) is 0. The summed E-state index contributed by atoms with van der Waals surface area (Å²) in [6.07, 6.45) is 3.85. The van der Waals surface area contributed by atoms with Crippen LogP contribution in [-0.2, 0) is 17.6 Å². The lowest BCUT2D eigenvalue weighted by Gasteiger charge is -2.13. The Bertz CT molecular complexity index is 1200. The Balaban J connectivity index is 1.68. The van der Waals surface area contributed by atoms with Gasteiger partial charge in [-0.3, -0.25) is 4.79 Å². The topological polar surface area (TPSA) is 58.2 Å². The highest BCUT2D eigenvalue weighted by atomic mass is 19.1. The number of hydrogen-bond donors (Lipinski definition) is 0.